The number of carbonyl (C=O) groups is 1. The molecule has 0 fully saturated rings. The van der Waals surface area contributed by atoms with Crippen molar-refractivity contribution >= 4 is 16.9 Å². The lowest BCUT2D eigenvalue weighted by Gasteiger charge is -2.05. The highest BCUT2D eigenvalue weighted by molar-refractivity contribution is 5.91. The molecule has 0 aliphatic carbocycles. The van der Waals surface area contributed by atoms with Gasteiger partial charge in [-0.1, -0.05) is 5.21 Å². The number of nitrogens with one attached hydrogen (secondary N) is 1. The molecule has 7 nitrogen and oxygen atoms in total. The first-order valence-corrected chi connectivity index (χ1v) is 6.78. The van der Waals surface area contributed by atoms with Crippen molar-refractivity contribution in [2.75, 3.05) is 6.54 Å². The highest BCUT2D eigenvalue weighted by Crippen LogP contribution is 2.12. The Morgan fingerprint density at radius 3 is 3.10 bits per heavy atom. The van der Waals surface area contributed by atoms with Crippen LogP contribution >= 0.6 is 0 Å². The van der Waals surface area contributed by atoms with Gasteiger partial charge in [0, 0.05) is 37.9 Å². The maximum absolute atomic E-state index is 11.8. The Morgan fingerprint density at radius 1 is 1.38 bits per heavy atom. The molecule has 21 heavy (non-hydrogen) atoms. The molecule has 0 aromatic carbocycles. The number of aromatic nitrogens is 5. The fourth-order valence-electron chi connectivity index (χ4n) is 2.19. The topological polar surface area (TPSA) is 77.6 Å². The first kappa shape index (κ1) is 13.3. The van der Waals surface area contributed by atoms with E-state index in [1.165, 1.54) is 4.68 Å². The minimum atomic E-state index is -0.196. The van der Waals surface area contributed by atoms with Gasteiger partial charge in [-0.25, -0.2) is 4.98 Å². The van der Waals surface area contributed by atoms with Crippen LogP contribution in [0.3, 0.4) is 0 Å². The van der Waals surface area contributed by atoms with E-state index in [1.807, 2.05) is 24.4 Å². The van der Waals surface area contributed by atoms with E-state index < -0.39 is 0 Å². The number of carbonyl (C=O) groups excluding carboxylic acids is 1. The second-order valence-corrected chi connectivity index (χ2v) is 4.81. The van der Waals surface area contributed by atoms with Crippen molar-refractivity contribution in [1.29, 1.82) is 0 Å². The van der Waals surface area contributed by atoms with Crippen LogP contribution in [-0.4, -0.2) is 37.0 Å². The number of pyridine rings is 1. The zero-order chi connectivity index (χ0) is 14.7. The monoisotopic (exact) mass is 284 g/mol. The van der Waals surface area contributed by atoms with Crippen LogP contribution in [0.25, 0.3) is 11.0 Å². The van der Waals surface area contributed by atoms with Crippen LogP contribution in [0.1, 0.15) is 16.9 Å². The van der Waals surface area contributed by atoms with E-state index in [1.54, 1.807) is 19.4 Å². The average molecular weight is 284 g/mol. The quantitative estimate of drug-likeness (QED) is 0.709. The zero-order valence-corrected chi connectivity index (χ0v) is 11.7. The average Bonchev–Trinajstić information content (AvgIpc) is 3.10. The van der Waals surface area contributed by atoms with E-state index in [0.717, 1.165) is 24.0 Å². The molecule has 0 spiro atoms. The van der Waals surface area contributed by atoms with Crippen molar-refractivity contribution in [2.24, 2.45) is 7.05 Å². The van der Waals surface area contributed by atoms with E-state index in [0.29, 0.717) is 12.2 Å². The maximum Gasteiger partial charge on any atom is 0.273 e. The van der Waals surface area contributed by atoms with Crippen LogP contribution in [0.15, 0.2) is 36.8 Å². The first-order valence-electron chi connectivity index (χ1n) is 6.78. The van der Waals surface area contributed by atoms with Crippen LogP contribution in [0.4, 0.5) is 0 Å². The maximum atomic E-state index is 11.8. The molecule has 0 radical (unpaired) electrons. The molecule has 7 heteroatoms. The molecule has 3 aromatic heterocycles. The molecular formula is C14H16N6O. The minimum Gasteiger partial charge on any atom is -0.351 e. The van der Waals surface area contributed by atoms with Gasteiger partial charge in [-0.15, -0.1) is 5.10 Å². The Kier molecular flexibility index (Phi) is 3.63. The first-order chi connectivity index (χ1) is 10.2. The summed E-state index contributed by atoms with van der Waals surface area (Å²) in [4.78, 5) is 16.1. The zero-order valence-electron chi connectivity index (χ0n) is 11.7. The summed E-state index contributed by atoms with van der Waals surface area (Å²) >= 11 is 0. The second-order valence-electron chi connectivity index (χ2n) is 4.81. The molecule has 0 atom stereocenters. The van der Waals surface area contributed by atoms with Crippen molar-refractivity contribution in [3.8, 4) is 0 Å². The number of hydrogen-bond donors (Lipinski definition) is 1. The third-order valence-electron chi connectivity index (χ3n) is 3.22. The number of amides is 1. The lowest BCUT2D eigenvalue weighted by molar-refractivity contribution is 0.0947. The Labute approximate surface area is 121 Å². The lowest BCUT2D eigenvalue weighted by Crippen LogP contribution is -2.25. The standard InChI is InChI=1S/C14H16N6O/c1-19-10-12(17-18-19)14(21)16-7-3-8-20-9-5-11-4-2-6-15-13(11)20/h2,4-6,9-10H,3,7-8H2,1H3,(H,16,21). The van der Waals surface area contributed by atoms with Crippen LogP contribution in [0.2, 0.25) is 0 Å². The fraction of sp³-hybridized carbons (Fsp3) is 0.286. The number of fused-ring (bicyclic) bond motifs is 1. The molecule has 1 amide bonds. The second kappa shape index (κ2) is 5.74. The third kappa shape index (κ3) is 2.91. The van der Waals surface area contributed by atoms with Crippen molar-refractivity contribution in [3.63, 3.8) is 0 Å². The van der Waals surface area contributed by atoms with E-state index in [-0.39, 0.29) is 5.91 Å². The van der Waals surface area contributed by atoms with Crippen molar-refractivity contribution in [3.05, 3.63) is 42.5 Å². The molecule has 108 valence electrons. The molecule has 3 rings (SSSR count). The van der Waals surface area contributed by atoms with Gasteiger partial charge in [0.1, 0.15) is 5.65 Å². The van der Waals surface area contributed by atoms with E-state index in [9.17, 15) is 4.79 Å². The Bertz CT molecular complexity index is 760. The Morgan fingerprint density at radius 2 is 2.29 bits per heavy atom. The molecule has 0 bridgehead atoms. The number of nitrogens with zero attached hydrogens (tertiary/aromatic N) is 5. The van der Waals surface area contributed by atoms with E-state index >= 15 is 0 Å². The minimum absolute atomic E-state index is 0.196. The van der Waals surface area contributed by atoms with Gasteiger partial charge in [-0.3, -0.25) is 9.48 Å². The smallest absolute Gasteiger partial charge is 0.273 e. The van der Waals surface area contributed by atoms with Gasteiger partial charge in [-0.2, -0.15) is 0 Å². The number of aryl methyl sites for hydroxylation is 2. The summed E-state index contributed by atoms with van der Waals surface area (Å²) in [6, 6.07) is 6.00. The molecule has 0 saturated heterocycles. The highest BCUT2D eigenvalue weighted by atomic mass is 16.2. The third-order valence-corrected chi connectivity index (χ3v) is 3.22. The summed E-state index contributed by atoms with van der Waals surface area (Å²) in [7, 11) is 1.73. The predicted molar refractivity (Wildman–Crippen MR) is 77.7 cm³/mol. The SMILES string of the molecule is Cn1cc(C(=O)NCCCn2ccc3cccnc32)nn1. The molecule has 0 unspecified atom stereocenters. The summed E-state index contributed by atoms with van der Waals surface area (Å²) in [5, 5.41) is 11.5. The van der Waals surface area contributed by atoms with Gasteiger partial charge in [0.25, 0.3) is 5.91 Å². The molecule has 0 aliphatic heterocycles. The van der Waals surface area contributed by atoms with E-state index in [2.05, 4.69) is 25.2 Å². The molecular weight excluding hydrogens is 268 g/mol. The largest absolute Gasteiger partial charge is 0.351 e. The summed E-state index contributed by atoms with van der Waals surface area (Å²) in [5.74, 6) is -0.196. The van der Waals surface area contributed by atoms with Gasteiger partial charge < -0.3 is 9.88 Å². The molecule has 0 saturated carbocycles. The summed E-state index contributed by atoms with van der Waals surface area (Å²) in [6.07, 6.45) is 6.22. The van der Waals surface area contributed by atoms with Crippen molar-refractivity contribution < 1.29 is 4.79 Å². The van der Waals surface area contributed by atoms with Crippen LogP contribution in [0, 0.1) is 0 Å². The van der Waals surface area contributed by atoms with Gasteiger partial charge >= 0.3 is 0 Å². The normalized spacial score (nSPS) is 10.9. The molecule has 0 aliphatic rings. The fourth-order valence-corrected chi connectivity index (χ4v) is 2.19. The highest BCUT2D eigenvalue weighted by Gasteiger charge is 2.08. The predicted octanol–water partition coefficient (Wildman–Crippen LogP) is 0.985. The lowest BCUT2D eigenvalue weighted by atomic mass is 10.3. The van der Waals surface area contributed by atoms with Crippen molar-refractivity contribution in [2.45, 2.75) is 13.0 Å². The summed E-state index contributed by atoms with van der Waals surface area (Å²) < 4.78 is 3.59. The van der Waals surface area contributed by atoms with Crippen molar-refractivity contribution in [1.82, 2.24) is 29.9 Å². The number of rotatable bonds is 5. The molecule has 3 aromatic rings. The van der Waals surface area contributed by atoms with Gasteiger partial charge in [0.15, 0.2) is 5.69 Å². The van der Waals surface area contributed by atoms with Crippen LogP contribution in [0.5, 0.6) is 0 Å². The van der Waals surface area contributed by atoms with Crippen LogP contribution in [-0.2, 0) is 13.6 Å². The summed E-state index contributed by atoms with van der Waals surface area (Å²) in [6.45, 7) is 1.39. The van der Waals surface area contributed by atoms with Gasteiger partial charge in [0.05, 0.1) is 6.20 Å². The number of hydrogen-bond acceptors (Lipinski definition) is 4. The van der Waals surface area contributed by atoms with Crippen LogP contribution < -0.4 is 5.32 Å². The van der Waals surface area contributed by atoms with E-state index in [4.69, 9.17) is 0 Å². The van der Waals surface area contributed by atoms with Gasteiger partial charge in [-0.05, 0) is 24.6 Å². The molecule has 1 N–H and O–H groups in total. The molecule has 3 heterocycles. The Hall–Kier alpha value is -2.70. The van der Waals surface area contributed by atoms with Gasteiger partial charge in [0.2, 0.25) is 0 Å². The summed E-state index contributed by atoms with van der Waals surface area (Å²) in [5.41, 5.74) is 1.31. The Balaban J connectivity index is 1.51.